The molecule has 0 heterocycles. The second-order valence-corrected chi connectivity index (χ2v) is 8.08. The average molecular weight is 342 g/mol. The van der Waals surface area contributed by atoms with Crippen molar-refractivity contribution in [2.75, 3.05) is 25.1 Å². The Kier molecular flexibility index (Phi) is 5.78. The van der Waals surface area contributed by atoms with E-state index in [1.165, 1.54) is 18.2 Å². The van der Waals surface area contributed by atoms with Gasteiger partial charge in [-0.15, -0.1) is 0 Å². The zero-order chi connectivity index (χ0) is 15.4. The van der Waals surface area contributed by atoms with Crippen LogP contribution >= 0.6 is 11.6 Å². The van der Waals surface area contributed by atoms with Crippen LogP contribution in [0, 0.1) is 0 Å². The second kappa shape index (κ2) is 6.72. The highest BCUT2D eigenvalue weighted by atomic mass is 35.5. The molecule has 0 bridgehead atoms. The van der Waals surface area contributed by atoms with Gasteiger partial charge in [-0.2, -0.15) is 0 Å². The summed E-state index contributed by atoms with van der Waals surface area (Å²) in [4.78, 5) is -0.0653. The van der Waals surface area contributed by atoms with Gasteiger partial charge in [0, 0.05) is 18.8 Å². The lowest BCUT2D eigenvalue weighted by molar-refractivity contribution is 0.575. The summed E-state index contributed by atoms with van der Waals surface area (Å²) in [6.07, 6.45) is 1.35. The molecule has 10 heteroatoms. The SMILES string of the molecule is CS(=O)(=O)NCCCNS(=O)(=O)c1ccc(N)cc1Cl. The van der Waals surface area contributed by atoms with Crippen molar-refractivity contribution >= 4 is 37.3 Å². The molecule has 0 unspecified atom stereocenters. The number of nitrogens with one attached hydrogen (secondary N) is 2. The molecule has 0 aromatic heterocycles. The molecule has 1 rings (SSSR count). The van der Waals surface area contributed by atoms with Gasteiger partial charge in [0.15, 0.2) is 0 Å². The van der Waals surface area contributed by atoms with Gasteiger partial charge in [-0.25, -0.2) is 26.3 Å². The number of sulfonamides is 2. The van der Waals surface area contributed by atoms with Crippen LogP contribution in [-0.4, -0.2) is 36.2 Å². The van der Waals surface area contributed by atoms with Gasteiger partial charge in [0.1, 0.15) is 4.90 Å². The summed E-state index contributed by atoms with van der Waals surface area (Å²) in [7, 11) is -7.00. The first-order chi connectivity index (χ1) is 9.12. The molecule has 0 aliphatic rings. The van der Waals surface area contributed by atoms with E-state index in [2.05, 4.69) is 9.44 Å². The van der Waals surface area contributed by atoms with E-state index in [-0.39, 0.29) is 23.0 Å². The molecule has 0 saturated carbocycles. The van der Waals surface area contributed by atoms with E-state index in [4.69, 9.17) is 17.3 Å². The molecular weight excluding hydrogens is 326 g/mol. The molecule has 4 N–H and O–H groups in total. The summed E-state index contributed by atoms with van der Waals surface area (Å²) in [6, 6.07) is 4.10. The number of nitrogens with two attached hydrogens (primary N) is 1. The van der Waals surface area contributed by atoms with Gasteiger partial charge in [0.2, 0.25) is 20.0 Å². The van der Waals surface area contributed by atoms with Crippen molar-refractivity contribution in [3.05, 3.63) is 23.2 Å². The molecule has 114 valence electrons. The van der Waals surface area contributed by atoms with Crippen molar-refractivity contribution in [1.82, 2.24) is 9.44 Å². The average Bonchev–Trinajstić information content (AvgIpc) is 2.26. The Morgan fingerprint density at radius 1 is 1.15 bits per heavy atom. The molecule has 0 radical (unpaired) electrons. The molecule has 0 fully saturated rings. The molecule has 0 aliphatic carbocycles. The third-order valence-corrected chi connectivity index (χ3v) is 4.93. The third kappa shape index (κ3) is 5.63. The Morgan fingerprint density at radius 2 is 1.75 bits per heavy atom. The van der Waals surface area contributed by atoms with Crippen LogP contribution in [0.15, 0.2) is 23.1 Å². The van der Waals surface area contributed by atoms with Gasteiger partial charge in [0.25, 0.3) is 0 Å². The lowest BCUT2D eigenvalue weighted by Gasteiger charge is -2.09. The van der Waals surface area contributed by atoms with Gasteiger partial charge in [-0.1, -0.05) is 11.6 Å². The molecule has 1 aromatic rings. The lowest BCUT2D eigenvalue weighted by Crippen LogP contribution is -2.29. The van der Waals surface area contributed by atoms with Crippen LogP contribution < -0.4 is 15.2 Å². The van der Waals surface area contributed by atoms with Gasteiger partial charge < -0.3 is 5.73 Å². The highest BCUT2D eigenvalue weighted by Crippen LogP contribution is 2.23. The smallest absolute Gasteiger partial charge is 0.242 e. The summed E-state index contributed by atoms with van der Waals surface area (Å²) in [5.74, 6) is 0. The van der Waals surface area contributed by atoms with Crippen LogP contribution in [0.3, 0.4) is 0 Å². The van der Waals surface area contributed by atoms with E-state index < -0.39 is 20.0 Å². The summed E-state index contributed by atoms with van der Waals surface area (Å²) in [5.41, 5.74) is 5.85. The van der Waals surface area contributed by atoms with Gasteiger partial charge in [0.05, 0.1) is 11.3 Å². The maximum absolute atomic E-state index is 11.9. The van der Waals surface area contributed by atoms with Crippen molar-refractivity contribution in [2.45, 2.75) is 11.3 Å². The molecule has 7 nitrogen and oxygen atoms in total. The highest BCUT2D eigenvalue weighted by Gasteiger charge is 2.17. The first kappa shape index (κ1) is 17.2. The van der Waals surface area contributed by atoms with Crippen LogP contribution in [0.1, 0.15) is 6.42 Å². The van der Waals surface area contributed by atoms with E-state index in [1.807, 2.05) is 0 Å². The molecular formula is C10H16ClN3O4S2. The van der Waals surface area contributed by atoms with E-state index >= 15 is 0 Å². The first-order valence-electron chi connectivity index (χ1n) is 5.61. The van der Waals surface area contributed by atoms with E-state index in [1.54, 1.807) is 0 Å². The Morgan fingerprint density at radius 3 is 2.30 bits per heavy atom. The van der Waals surface area contributed by atoms with E-state index in [0.717, 1.165) is 6.26 Å². The molecule has 1 aromatic carbocycles. The first-order valence-corrected chi connectivity index (χ1v) is 9.36. The number of anilines is 1. The number of hydrogen-bond donors (Lipinski definition) is 3. The van der Waals surface area contributed by atoms with Crippen molar-refractivity contribution < 1.29 is 16.8 Å². The Balaban J connectivity index is 2.58. The fourth-order valence-electron chi connectivity index (χ4n) is 1.37. The van der Waals surface area contributed by atoms with Crippen molar-refractivity contribution in [3.8, 4) is 0 Å². The summed E-state index contributed by atoms with van der Waals surface area (Å²) < 4.78 is 50.1. The van der Waals surface area contributed by atoms with E-state index in [0.29, 0.717) is 12.1 Å². The van der Waals surface area contributed by atoms with E-state index in [9.17, 15) is 16.8 Å². The molecule has 0 atom stereocenters. The highest BCUT2D eigenvalue weighted by molar-refractivity contribution is 7.89. The quantitative estimate of drug-likeness (QED) is 0.481. The minimum absolute atomic E-state index is 0.0340. The zero-order valence-electron chi connectivity index (χ0n) is 10.8. The normalized spacial score (nSPS) is 12.5. The monoisotopic (exact) mass is 341 g/mol. The number of benzene rings is 1. The number of halogens is 1. The molecule has 0 aliphatic heterocycles. The maximum atomic E-state index is 11.9. The minimum atomic E-state index is -3.74. The maximum Gasteiger partial charge on any atom is 0.242 e. The number of rotatable bonds is 7. The Hall–Kier alpha value is -0.870. The molecule has 0 saturated heterocycles. The van der Waals surface area contributed by atoms with Gasteiger partial charge >= 0.3 is 0 Å². The van der Waals surface area contributed by atoms with Crippen molar-refractivity contribution in [1.29, 1.82) is 0 Å². The third-order valence-electron chi connectivity index (χ3n) is 2.26. The topological polar surface area (TPSA) is 118 Å². The summed E-state index contributed by atoms with van der Waals surface area (Å²) in [6.45, 7) is 0.238. The molecule has 20 heavy (non-hydrogen) atoms. The van der Waals surface area contributed by atoms with Crippen LogP contribution in [-0.2, 0) is 20.0 Å². The van der Waals surface area contributed by atoms with Crippen molar-refractivity contribution in [2.24, 2.45) is 0 Å². The fraction of sp³-hybridized carbons (Fsp3) is 0.400. The summed E-state index contributed by atoms with van der Waals surface area (Å²) >= 11 is 5.82. The molecule has 0 spiro atoms. The Bertz CT molecular complexity index is 674. The standard InChI is InChI=1S/C10H16ClN3O4S2/c1-19(15,16)13-5-2-6-14-20(17,18)10-4-3-8(12)7-9(10)11/h3-4,7,13-14H,2,5-6,12H2,1H3. The predicted octanol–water partition coefficient (Wildman–Crippen LogP) is 0.140. The van der Waals surface area contributed by atoms with Crippen LogP contribution in [0.2, 0.25) is 5.02 Å². The van der Waals surface area contributed by atoms with Crippen LogP contribution in [0.5, 0.6) is 0 Å². The minimum Gasteiger partial charge on any atom is -0.399 e. The lowest BCUT2D eigenvalue weighted by atomic mass is 10.3. The summed E-state index contributed by atoms with van der Waals surface area (Å²) in [5, 5.41) is 0.0340. The van der Waals surface area contributed by atoms with Gasteiger partial charge in [-0.3, -0.25) is 0 Å². The second-order valence-electron chi connectivity index (χ2n) is 4.11. The largest absolute Gasteiger partial charge is 0.399 e. The Labute approximate surface area is 123 Å². The molecule has 0 amide bonds. The fourth-order valence-corrected chi connectivity index (χ4v) is 3.51. The van der Waals surface area contributed by atoms with Gasteiger partial charge in [-0.05, 0) is 24.6 Å². The van der Waals surface area contributed by atoms with Crippen molar-refractivity contribution in [3.63, 3.8) is 0 Å². The predicted molar refractivity (Wildman–Crippen MR) is 78.5 cm³/mol. The zero-order valence-corrected chi connectivity index (χ0v) is 13.1. The van der Waals surface area contributed by atoms with Crippen LogP contribution in [0.4, 0.5) is 5.69 Å². The number of hydrogen-bond acceptors (Lipinski definition) is 5. The van der Waals surface area contributed by atoms with Crippen LogP contribution in [0.25, 0.3) is 0 Å². The number of nitrogen functional groups attached to an aromatic ring is 1.